The minimum atomic E-state index is -1.36. The molecule has 1 saturated carbocycles. The lowest BCUT2D eigenvalue weighted by Gasteiger charge is -2.04. The predicted molar refractivity (Wildman–Crippen MR) is 294 cm³/mol. The highest BCUT2D eigenvalue weighted by Crippen LogP contribution is 2.30. The van der Waals surface area contributed by atoms with Gasteiger partial charge in [0.1, 0.15) is 50.2 Å². The highest BCUT2D eigenvalue weighted by molar-refractivity contribution is 7.84. The van der Waals surface area contributed by atoms with E-state index in [9.17, 15) is 52.2 Å². The number of nitrogens with one attached hydrogen (secondary N) is 5. The van der Waals surface area contributed by atoms with Gasteiger partial charge in [-0.2, -0.15) is 24.9 Å². The minimum absolute atomic E-state index is 0.0303. The van der Waals surface area contributed by atoms with E-state index in [0.717, 1.165) is 12.8 Å². The van der Waals surface area contributed by atoms with Gasteiger partial charge in [-0.1, -0.05) is 34.6 Å². The number of aromatic amines is 5. The van der Waals surface area contributed by atoms with Crippen LogP contribution in [0.15, 0.2) is 106 Å². The molecule has 26 nitrogen and oxygen atoms in total. The molecule has 80 heavy (non-hydrogen) atoms. The molecular weight excluding hydrogens is 1060 g/mol. The normalized spacial score (nSPS) is 12.2. The lowest BCUT2D eigenvalue weighted by atomic mass is 10.1. The molecule has 10 aromatic rings. The molecule has 0 saturated heterocycles. The highest BCUT2D eigenvalue weighted by atomic mass is 32.2. The van der Waals surface area contributed by atoms with Crippen LogP contribution in [-0.2, 0) is 42.9 Å². The van der Waals surface area contributed by atoms with Crippen molar-refractivity contribution < 1.29 is 26.3 Å². The SMILES string of the molecule is CCc1cc(=O)oc2nc(C)[nH]c(=O)c12.CCc1cc(=O)oc2nc(C)[nH]c(=O)c12.CCc1cc(=O)oc2nc(C)[nH]c(=O)c12.CCc1cc(=O)oc2nc(C)[nH]c(=O)c12.CCc1cc(=O)oc2nc(S(=O)CC3CC3)[nH]c(=O)c12. The van der Waals surface area contributed by atoms with Gasteiger partial charge in [0.15, 0.2) is 0 Å². The third kappa shape index (κ3) is 13.6. The number of fused-ring (bicyclic) bond motifs is 5. The van der Waals surface area contributed by atoms with E-state index >= 15 is 0 Å². The summed E-state index contributed by atoms with van der Waals surface area (Å²) in [6.07, 6.45) is 5.03. The maximum Gasteiger partial charge on any atom is 0.337 e. The molecule has 10 heterocycles. The van der Waals surface area contributed by atoms with Gasteiger partial charge in [-0.25, -0.2) is 24.0 Å². The van der Waals surface area contributed by atoms with Gasteiger partial charge in [0.25, 0.3) is 27.8 Å². The van der Waals surface area contributed by atoms with Gasteiger partial charge in [0, 0.05) is 36.1 Å². The molecule has 1 aliphatic rings. The van der Waals surface area contributed by atoms with Crippen molar-refractivity contribution in [3.05, 3.63) is 185 Å². The largest absolute Gasteiger partial charge is 0.403 e. The first-order chi connectivity index (χ1) is 38.0. The molecule has 0 aromatic carbocycles. The fourth-order valence-electron chi connectivity index (χ4n) is 8.23. The van der Waals surface area contributed by atoms with E-state index in [-0.39, 0.29) is 61.3 Å². The lowest BCUT2D eigenvalue weighted by molar-refractivity contribution is 0.540. The Morgan fingerprint density at radius 3 is 0.838 bits per heavy atom. The summed E-state index contributed by atoms with van der Waals surface area (Å²) in [5.74, 6) is 2.68. The first-order valence-electron chi connectivity index (χ1n) is 25.1. The fraction of sp³-hybridized carbons (Fsp3) is 0.340. The number of nitrogens with zero attached hydrogens (tertiary/aromatic N) is 5. The summed E-state index contributed by atoms with van der Waals surface area (Å²) in [7, 11) is -1.36. The molecule has 1 fully saturated rings. The van der Waals surface area contributed by atoms with Crippen LogP contribution < -0.4 is 55.9 Å². The van der Waals surface area contributed by atoms with Crippen LogP contribution in [0, 0.1) is 33.6 Å². The summed E-state index contributed by atoms with van der Waals surface area (Å²) in [5, 5.41) is 1.81. The number of aryl methyl sites for hydroxylation is 9. The van der Waals surface area contributed by atoms with Crippen LogP contribution >= 0.6 is 0 Å². The Labute approximate surface area is 450 Å². The minimum Gasteiger partial charge on any atom is -0.403 e. The van der Waals surface area contributed by atoms with E-state index in [1.807, 2.05) is 34.6 Å². The van der Waals surface area contributed by atoms with Gasteiger partial charge in [-0.3, -0.25) is 33.2 Å². The summed E-state index contributed by atoms with van der Waals surface area (Å²) in [6, 6.07) is 6.60. The number of H-pyrrole nitrogens is 5. The summed E-state index contributed by atoms with van der Waals surface area (Å²) in [5.41, 5.74) is -0.268. The number of rotatable bonds is 8. The van der Waals surface area contributed by atoms with Crippen LogP contribution in [0.2, 0.25) is 0 Å². The third-order valence-corrected chi connectivity index (χ3v) is 13.5. The van der Waals surface area contributed by atoms with Crippen LogP contribution in [0.5, 0.6) is 0 Å². The molecular formula is C53H54N10O16S. The van der Waals surface area contributed by atoms with Crippen LogP contribution in [0.25, 0.3) is 55.5 Å². The van der Waals surface area contributed by atoms with E-state index in [4.69, 9.17) is 22.1 Å². The molecule has 0 bridgehead atoms. The molecule has 11 rings (SSSR count). The molecule has 10 aromatic heterocycles. The van der Waals surface area contributed by atoms with Crippen molar-refractivity contribution in [2.45, 2.75) is 112 Å². The van der Waals surface area contributed by atoms with Crippen molar-refractivity contribution in [2.24, 2.45) is 5.92 Å². The molecule has 1 unspecified atom stereocenters. The molecule has 1 aliphatic carbocycles. The quantitative estimate of drug-likeness (QED) is 0.134. The molecule has 1 atom stereocenters. The van der Waals surface area contributed by atoms with Crippen molar-refractivity contribution in [3.63, 3.8) is 0 Å². The van der Waals surface area contributed by atoms with Gasteiger partial charge in [-0.15, -0.1) is 0 Å². The highest BCUT2D eigenvalue weighted by Gasteiger charge is 2.26. The fourth-order valence-corrected chi connectivity index (χ4v) is 9.54. The molecule has 0 radical (unpaired) electrons. The number of hydrogen-bond acceptors (Lipinski definition) is 21. The Kier molecular flexibility index (Phi) is 18.2. The first kappa shape index (κ1) is 58.3. The molecule has 27 heteroatoms. The smallest absolute Gasteiger partial charge is 0.337 e. The monoisotopic (exact) mass is 1120 g/mol. The topological polar surface area (TPSA) is 397 Å². The zero-order valence-corrected chi connectivity index (χ0v) is 45.6. The third-order valence-electron chi connectivity index (χ3n) is 12.1. The van der Waals surface area contributed by atoms with Crippen LogP contribution in [-0.4, -0.2) is 59.8 Å². The van der Waals surface area contributed by atoms with Gasteiger partial charge in [-0.05, 0) is 106 Å². The molecule has 0 spiro atoms. The maximum atomic E-state index is 12.1. The summed E-state index contributed by atoms with van der Waals surface area (Å²) < 4.78 is 36.6. The van der Waals surface area contributed by atoms with E-state index < -0.39 is 44.5 Å². The zero-order chi connectivity index (χ0) is 58.3. The Morgan fingerprint density at radius 2 is 0.613 bits per heavy atom. The molecule has 0 amide bonds. The Bertz CT molecular complexity index is 4220. The maximum absolute atomic E-state index is 12.1. The second-order valence-corrected chi connectivity index (χ2v) is 19.5. The number of aromatic nitrogens is 10. The number of hydrogen-bond donors (Lipinski definition) is 5. The second kappa shape index (κ2) is 24.9. The van der Waals surface area contributed by atoms with Gasteiger partial charge in [0.05, 0.1) is 10.8 Å². The Balaban J connectivity index is 0.000000145. The van der Waals surface area contributed by atoms with Crippen molar-refractivity contribution in [3.8, 4) is 0 Å². The standard InChI is InChI=1S/C13H14N2O4S.4C10H10N2O3/c1-2-8-5-9(16)19-12-10(8)11(17)14-13(15-12)20(18)6-7-3-4-7;4*1-3-6-4-7(13)15-10-8(6)9(14)11-5(2)12-10/h5,7H,2-4,6H2,1H3,(H,14,15,17);4*4H,3H2,1-2H3,(H,11,12,14). The van der Waals surface area contributed by atoms with Gasteiger partial charge in [0.2, 0.25) is 33.7 Å². The van der Waals surface area contributed by atoms with E-state index in [1.54, 1.807) is 27.7 Å². The summed E-state index contributed by atoms with van der Waals surface area (Å²) in [6.45, 7) is 15.9. The Morgan fingerprint density at radius 1 is 0.388 bits per heavy atom. The Hall–Kier alpha value is -9.40. The molecule has 418 valence electrons. The average molecular weight is 1120 g/mol. The summed E-state index contributed by atoms with van der Waals surface area (Å²) >= 11 is 0. The van der Waals surface area contributed by atoms with Crippen molar-refractivity contribution in [2.75, 3.05) is 5.75 Å². The molecule has 0 aliphatic heterocycles. The first-order valence-corrected chi connectivity index (χ1v) is 26.5. The van der Waals surface area contributed by atoms with Crippen LogP contribution in [0.4, 0.5) is 0 Å². The van der Waals surface area contributed by atoms with Crippen molar-refractivity contribution >= 4 is 66.3 Å². The van der Waals surface area contributed by atoms with Gasteiger partial charge < -0.3 is 42.0 Å². The average Bonchev–Trinajstić information content (AvgIpc) is 4.24. The van der Waals surface area contributed by atoms with Crippen molar-refractivity contribution in [1.82, 2.24) is 49.8 Å². The predicted octanol–water partition coefficient (Wildman–Crippen LogP) is 3.94. The van der Waals surface area contributed by atoms with E-state index in [0.29, 0.717) is 116 Å². The second-order valence-electron chi connectivity index (χ2n) is 18.1. The lowest BCUT2D eigenvalue weighted by Crippen LogP contribution is -2.17. The van der Waals surface area contributed by atoms with Gasteiger partial charge >= 0.3 is 28.1 Å². The molecule has 5 N–H and O–H groups in total. The van der Waals surface area contributed by atoms with E-state index in [2.05, 4.69) is 49.8 Å². The zero-order valence-electron chi connectivity index (χ0n) is 44.8. The van der Waals surface area contributed by atoms with Crippen LogP contribution in [0.1, 0.15) is 98.6 Å². The summed E-state index contributed by atoms with van der Waals surface area (Å²) in [4.78, 5) is 148. The van der Waals surface area contributed by atoms with E-state index in [1.165, 1.54) is 30.3 Å². The van der Waals surface area contributed by atoms with Crippen molar-refractivity contribution in [1.29, 1.82) is 0 Å². The van der Waals surface area contributed by atoms with Crippen LogP contribution in [0.3, 0.4) is 0 Å².